The van der Waals surface area contributed by atoms with Gasteiger partial charge in [0.05, 0.1) is 7.11 Å². The molecular weight excluding hydrogens is 214 g/mol. The Morgan fingerprint density at radius 3 is 2.67 bits per heavy atom. The lowest BCUT2D eigenvalue weighted by atomic mass is 10.1. The highest BCUT2D eigenvalue weighted by Crippen LogP contribution is 2.14. The lowest BCUT2D eigenvalue weighted by Gasteiger charge is -2.09. The minimum absolute atomic E-state index is 0. The summed E-state index contributed by atoms with van der Waals surface area (Å²) < 4.78 is 4.54. The first-order valence-electron chi connectivity index (χ1n) is 4.66. The zero-order chi connectivity index (χ0) is 10.4. The van der Waals surface area contributed by atoms with Gasteiger partial charge in [-0.3, -0.25) is 4.79 Å². The third-order valence-electron chi connectivity index (χ3n) is 2.05. The number of halogens is 1. The summed E-state index contributed by atoms with van der Waals surface area (Å²) in [6, 6.07) is 7.93. The van der Waals surface area contributed by atoms with Crippen LogP contribution in [0.5, 0.6) is 0 Å². The number of esters is 1. The normalized spacial score (nSPS) is 8.93. The number of para-hydroxylation sites is 1. The molecule has 0 unspecified atom stereocenters. The lowest BCUT2D eigenvalue weighted by molar-refractivity contribution is -0.138. The fourth-order valence-electron chi connectivity index (χ4n) is 1.24. The quantitative estimate of drug-likeness (QED) is 0.805. The van der Waals surface area contributed by atoms with Crippen LogP contribution < -0.4 is 5.32 Å². The number of carbonyl (C=O) groups is 1. The SMILES string of the molecule is CCc1ccccc1NCC(=O)OC.Cl. The van der Waals surface area contributed by atoms with Crippen molar-refractivity contribution >= 4 is 24.1 Å². The van der Waals surface area contributed by atoms with E-state index in [0.29, 0.717) is 0 Å². The molecule has 0 amide bonds. The van der Waals surface area contributed by atoms with E-state index >= 15 is 0 Å². The Bertz CT molecular complexity index is 315. The molecule has 0 aromatic heterocycles. The third kappa shape index (κ3) is 4.21. The van der Waals surface area contributed by atoms with E-state index in [-0.39, 0.29) is 24.9 Å². The number of carbonyl (C=O) groups excluding carboxylic acids is 1. The van der Waals surface area contributed by atoms with Crippen LogP contribution >= 0.6 is 12.4 Å². The summed E-state index contributed by atoms with van der Waals surface area (Å²) in [5.41, 5.74) is 2.21. The number of benzene rings is 1. The van der Waals surface area contributed by atoms with Crippen LogP contribution in [0.25, 0.3) is 0 Å². The fraction of sp³-hybridized carbons (Fsp3) is 0.364. The molecule has 0 spiro atoms. The summed E-state index contributed by atoms with van der Waals surface area (Å²) in [4.78, 5) is 10.9. The van der Waals surface area contributed by atoms with E-state index in [9.17, 15) is 4.79 Å². The Balaban J connectivity index is 0.00000196. The van der Waals surface area contributed by atoms with Gasteiger partial charge in [-0.25, -0.2) is 0 Å². The maximum Gasteiger partial charge on any atom is 0.325 e. The molecule has 0 aliphatic carbocycles. The molecular formula is C11H16ClNO2. The van der Waals surface area contributed by atoms with Crippen molar-refractivity contribution < 1.29 is 9.53 Å². The van der Waals surface area contributed by atoms with Crippen molar-refractivity contribution in [2.24, 2.45) is 0 Å². The Labute approximate surface area is 96.2 Å². The molecule has 15 heavy (non-hydrogen) atoms. The molecule has 0 heterocycles. The highest BCUT2D eigenvalue weighted by molar-refractivity contribution is 5.85. The highest BCUT2D eigenvalue weighted by atomic mass is 35.5. The van der Waals surface area contributed by atoms with E-state index < -0.39 is 0 Å². The fourth-order valence-corrected chi connectivity index (χ4v) is 1.24. The molecule has 0 bridgehead atoms. The Kier molecular flexibility index (Phi) is 6.54. The standard InChI is InChI=1S/C11H15NO2.ClH/c1-3-9-6-4-5-7-10(9)12-8-11(13)14-2;/h4-7,12H,3,8H2,1-2H3;1H. The van der Waals surface area contributed by atoms with Gasteiger partial charge in [0.2, 0.25) is 0 Å². The van der Waals surface area contributed by atoms with Crippen molar-refractivity contribution in [1.29, 1.82) is 0 Å². The number of methoxy groups -OCH3 is 1. The van der Waals surface area contributed by atoms with Gasteiger partial charge in [0, 0.05) is 5.69 Å². The summed E-state index contributed by atoms with van der Waals surface area (Å²) in [5, 5.41) is 3.04. The molecule has 0 saturated carbocycles. The van der Waals surface area contributed by atoms with Crippen LogP contribution in [0.15, 0.2) is 24.3 Å². The van der Waals surface area contributed by atoms with Gasteiger partial charge < -0.3 is 10.1 Å². The lowest BCUT2D eigenvalue weighted by Crippen LogP contribution is -2.15. The van der Waals surface area contributed by atoms with Crippen molar-refractivity contribution in [1.82, 2.24) is 0 Å². The van der Waals surface area contributed by atoms with Crippen molar-refractivity contribution in [3.8, 4) is 0 Å². The first-order chi connectivity index (χ1) is 6.77. The number of ether oxygens (including phenoxy) is 1. The Morgan fingerprint density at radius 1 is 1.40 bits per heavy atom. The molecule has 0 saturated heterocycles. The van der Waals surface area contributed by atoms with E-state index in [1.165, 1.54) is 12.7 Å². The molecule has 4 heteroatoms. The van der Waals surface area contributed by atoms with E-state index in [2.05, 4.69) is 17.0 Å². The van der Waals surface area contributed by atoms with Gasteiger partial charge in [-0.1, -0.05) is 25.1 Å². The highest BCUT2D eigenvalue weighted by Gasteiger charge is 2.02. The Hall–Kier alpha value is -1.22. The number of rotatable bonds is 4. The molecule has 1 aromatic rings. The van der Waals surface area contributed by atoms with Crippen molar-refractivity contribution in [3.05, 3.63) is 29.8 Å². The first-order valence-corrected chi connectivity index (χ1v) is 4.66. The molecule has 1 aromatic carbocycles. The largest absolute Gasteiger partial charge is 0.468 e. The molecule has 1 N–H and O–H groups in total. The van der Waals surface area contributed by atoms with Gasteiger partial charge >= 0.3 is 5.97 Å². The molecule has 0 radical (unpaired) electrons. The average molecular weight is 230 g/mol. The second kappa shape index (κ2) is 7.12. The summed E-state index contributed by atoms with van der Waals surface area (Å²) in [7, 11) is 1.38. The van der Waals surface area contributed by atoms with E-state index in [1.54, 1.807) is 0 Å². The maximum atomic E-state index is 10.9. The predicted octanol–water partition coefficient (Wildman–Crippen LogP) is 2.26. The van der Waals surface area contributed by atoms with Gasteiger partial charge in [-0.2, -0.15) is 0 Å². The van der Waals surface area contributed by atoms with Crippen LogP contribution in [-0.2, 0) is 16.0 Å². The van der Waals surface area contributed by atoms with Crippen molar-refractivity contribution in [2.45, 2.75) is 13.3 Å². The molecule has 84 valence electrons. The van der Waals surface area contributed by atoms with Crippen LogP contribution in [-0.4, -0.2) is 19.6 Å². The third-order valence-corrected chi connectivity index (χ3v) is 2.05. The summed E-state index contributed by atoms with van der Waals surface area (Å²) in [6.45, 7) is 2.30. The van der Waals surface area contributed by atoms with Crippen LogP contribution in [0.1, 0.15) is 12.5 Å². The minimum Gasteiger partial charge on any atom is -0.468 e. The van der Waals surface area contributed by atoms with Crippen molar-refractivity contribution in [2.75, 3.05) is 19.0 Å². The summed E-state index contributed by atoms with van der Waals surface area (Å²) in [5.74, 6) is -0.254. The van der Waals surface area contributed by atoms with Gasteiger partial charge in [0.1, 0.15) is 6.54 Å². The zero-order valence-electron chi connectivity index (χ0n) is 8.95. The molecule has 0 aliphatic heterocycles. The average Bonchev–Trinajstić information content (AvgIpc) is 2.26. The predicted molar refractivity (Wildman–Crippen MR) is 63.6 cm³/mol. The molecule has 1 rings (SSSR count). The summed E-state index contributed by atoms with van der Waals surface area (Å²) in [6.07, 6.45) is 0.949. The Morgan fingerprint density at radius 2 is 2.07 bits per heavy atom. The van der Waals surface area contributed by atoms with Crippen LogP contribution in [0, 0.1) is 0 Å². The van der Waals surface area contributed by atoms with E-state index in [0.717, 1.165) is 12.1 Å². The molecule has 3 nitrogen and oxygen atoms in total. The number of hydrogen-bond donors (Lipinski definition) is 1. The number of nitrogens with one attached hydrogen (secondary N) is 1. The van der Waals surface area contributed by atoms with E-state index in [4.69, 9.17) is 0 Å². The van der Waals surface area contributed by atoms with Crippen LogP contribution in [0.4, 0.5) is 5.69 Å². The van der Waals surface area contributed by atoms with Gasteiger partial charge in [-0.15, -0.1) is 12.4 Å². The van der Waals surface area contributed by atoms with Crippen LogP contribution in [0.3, 0.4) is 0 Å². The molecule has 0 fully saturated rings. The molecule has 0 atom stereocenters. The summed E-state index contributed by atoms with van der Waals surface area (Å²) >= 11 is 0. The number of aryl methyl sites for hydroxylation is 1. The second-order valence-electron chi connectivity index (χ2n) is 2.94. The van der Waals surface area contributed by atoms with Gasteiger partial charge in [0.15, 0.2) is 0 Å². The van der Waals surface area contributed by atoms with Gasteiger partial charge in [0.25, 0.3) is 0 Å². The van der Waals surface area contributed by atoms with E-state index in [1.807, 2.05) is 24.3 Å². The zero-order valence-corrected chi connectivity index (χ0v) is 9.76. The number of hydrogen-bond acceptors (Lipinski definition) is 3. The van der Waals surface area contributed by atoms with Gasteiger partial charge in [-0.05, 0) is 18.1 Å². The smallest absolute Gasteiger partial charge is 0.325 e. The molecule has 0 aliphatic rings. The topological polar surface area (TPSA) is 38.3 Å². The van der Waals surface area contributed by atoms with Crippen molar-refractivity contribution in [3.63, 3.8) is 0 Å². The maximum absolute atomic E-state index is 10.9. The minimum atomic E-state index is -0.254. The number of anilines is 1. The first kappa shape index (κ1) is 13.8. The second-order valence-corrected chi connectivity index (χ2v) is 2.94. The monoisotopic (exact) mass is 229 g/mol. The van der Waals surface area contributed by atoms with Crippen LogP contribution in [0.2, 0.25) is 0 Å².